The Hall–Kier alpha value is -2.39. The second-order valence-electron chi connectivity index (χ2n) is 6.83. The van der Waals surface area contributed by atoms with Gasteiger partial charge in [-0.1, -0.05) is 24.6 Å². The topological polar surface area (TPSA) is 66.5 Å². The van der Waals surface area contributed by atoms with Gasteiger partial charge in [0, 0.05) is 25.2 Å². The molecule has 3 rings (SSSR count). The molecule has 2 aromatic rings. The lowest BCUT2D eigenvalue weighted by atomic mass is 10.1. The van der Waals surface area contributed by atoms with Crippen LogP contribution in [0.5, 0.6) is 0 Å². The Kier molecular flexibility index (Phi) is 6.28. The highest BCUT2D eigenvalue weighted by atomic mass is 32.2. The summed E-state index contributed by atoms with van der Waals surface area (Å²) in [5.74, 6) is -0.580. The Labute approximate surface area is 167 Å². The minimum atomic E-state index is -4.48. The summed E-state index contributed by atoms with van der Waals surface area (Å²) in [5.41, 5.74) is -0.347. The molecule has 0 atom stereocenters. The molecule has 0 radical (unpaired) electrons. The quantitative estimate of drug-likeness (QED) is 0.791. The van der Waals surface area contributed by atoms with Gasteiger partial charge in [0.2, 0.25) is 10.0 Å². The first-order chi connectivity index (χ1) is 13.7. The lowest BCUT2D eigenvalue weighted by Gasteiger charge is -2.26. The van der Waals surface area contributed by atoms with Gasteiger partial charge in [0.15, 0.2) is 0 Å². The van der Waals surface area contributed by atoms with E-state index in [-0.39, 0.29) is 17.0 Å². The largest absolute Gasteiger partial charge is 0.416 e. The summed E-state index contributed by atoms with van der Waals surface area (Å²) in [6.07, 6.45) is -1.86. The fourth-order valence-corrected chi connectivity index (χ4v) is 4.97. The van der Waals surface area contributed by atoms with Crippen LogP contribution in [-0.2, 0) is 22.7 Å². The Bertz CT molecular complexity index is 967. The number of amides is 1. The second kappa shape index (κ2) is 8.54. The van der Waals surface area contributed by atoms with Crippen LogP contribution in [0.4, 0.5) is 13.2 Å². The molecule has 0 aromatic heterocycles. The SMILES string of the molecule is O=C(NCc1ccccc1S(=O)(=O)N1CCCCC1)c1ccc(C(F)(F)F)cc1. The number of hydrogen-bond acceptors (Lipinski definition) is 3. The van der Waals surface area contributed by atoms with Gasteiger partial charge in [0.05, 0.1) is 10.5 Å². The number of hydrogen-bond donors (Lipinski definition) is 1. The van der Waals surface area contributed by atoms with Crippen LogP contribution < -0.4 is 5.32 Å². The van der Waals surface area contributed by atoms with Gasteiger partial charge >= 0.3 is 6.18 Å². The average Bonchev–Trinajstić information content (AvgIpc) is 2.72. The van der Waals surface area contributed by atoms with Crippen LogP contribution in [0.3, 0.4) is 0 Å². The first-order valence-corrected chi connectivity index (χ1v) is 10.7. The third-order valence-electron chi connectivity index (χ3n) is 4.82. The van der Waals surface area contributed by atoms with Crippen LogP contribution in [0, 0.1) is 0 Å². The van der Waals surface area contributed by atoms with Crippen molar-refractivity contribution >= 4 is 15.9 Å². The van der Waals surface area contributed by atoms with Gasteiger partial charge < -0.3 is 5.32 Å². The van der Waals surface area contributed by atoms with E-state index in [4.69, 9.17) is 0 Å². The van der Waals surface area contributed by atoms with Crippen molar-refractivity contribution in [1.29, 1.82) is 0 Å². The van der Waals surface area contributed by atoms with E-state index in [1.165, 1.54) is 10.4 Å². The normalized spacial score (nSPS) is 15.8. The number of alkyl halides is 3. The van der Waals surface area contributed by atoms with Crippen LogP contribution in [-0.4, -0.2) is 31.7 Å². The van der Waals surface area contributed by atoms with Crippen LogP contribution >= 0.6 is 0 Å². The summed E-state index contributed by atoms with van der Waals surface area (Å²) in [7, 11) is -3.67. The number of sulfonamides is 1. The minimum absolute atomic E-state index is 0.0525. The highest BCUT2D eigenvalue weighted by Gasteiger charge is 2.30. The highest BCUT2D eigenvalue weighted by molar-refractivity contribution is 7.89. The number of nitrogens with one attached hydrogen (secondary N) is 1. The van der Waals surface area contributed by atoms with E-state index < -0.39 is 27.7 Å². The highest BCUT2D eigenvalue weighted by Crippen LogP contribution is 2.29. The average molecular weight is 426 g/mol. The van der Waals surface area contributed by atoms with E-state index in [0.717, 1.165) is 43.5 Å². The fraction of sp³-hybridized carbons (Fsp3) is 0.350. The van der Waals surface area contributed by atoms with E-state index in [2.05, 4.69) is 5.32 Å². The number of rotatable bonds is 5. The van der Waals surface area contributed by atoms with Gasteiger partial charge in [0.25, 0.3) is 5.91 Å². The van der Waals surface area contributed by atoms with E-state index >= 15 is 0 Å². The first-order valence-electron chi connectivity index (χ1n) is 9.23. The molecular weight excluding hydrogens is 405 g/mol. The van der Waals surface area contributed by atoms with E-state index in [0.29, 0.717) is 18.7 Å². The predicted octanol–water partition coefficient (Wildman–Crippen LogP) is 3.81. The molecule has 0 unspecified atom stereocenters. The molecule has 1 fully saturated rings. The Balaban J connectivity index is 1.74. The first kappa shape index (κ1) is 21.3. The molecule has 1 amide bonds. The van der Waals surface area contributed by atoms with Crippen LogP contribution in [0.15, 0.2) is 53.4 Å². The number of carbonyl (C=O) groups excluding carboxylic acids is 1. The Morgan fingerprint density at radius 1 is 0.966 bits per heavy atom. The third kappa shape index (κ3) is 4.97. The van der Waals surface area contributed by atoms with Gasteiger partial charge in [-0.3, -0.25) is 4.79 Å². The monoisotopic (exact) mass is 426 g/mol. The van der Waals surface area contributed by atoms with Crippen molar-refractivity contribution < 1.29 is 26.4 Å². The van der Waals surface area contributed by atoms with Gasteiger partial charge in [-0.15, -0.1) is 0 Å². The van der Waals surface area contributed by atoms with E-state index in [1.807, 2.05) is 0 Å². The summed E-state index contributed by atoms with van der Waals surface area (Å²) in [6.45, 7) is 0.881. The molecule has 1 saturated heterocycles. The third-order valence-corrected chi connectivity index (χ3v) is 6.82. The summed E-state index contributed by atoms with van der Waals surface area (Å²) < 4.78 is 65.3. The van der Waals surface area contributed by atoms with Crippen molar-refractivity contribution in [2.45, 2.75) is 36.9 Å². The maximum absolute atomic E-state index is 13.0. The lowest BCUT2D eigenvalue weighted by molar-refractivity contribution is -0.137. The predicted molar refractivity (Wildman–Crippen MR) is 102 cm³/mol. The Morgan fingerprint density at radius 2 is 1.59 bits per heavy atom. The van der Waals surface area contributed by atoms with Crippen molar-refractivity contribution in [2.24, 2.45) is 0 Å². The molecule has 0 aliphatic carbocycles. The zero-order valence-electron chi connectivity index (χ0n) is 15.6. The number of carbonyl (C=O) groups is 1. The van der Waals surface area contributed by atoms with Crippen molar-refractivity contribution in [2.75, 3.05) is 13.1 Å². The number of nitrogens with zero attached hydrogens (tertiary/aromatic N) is 1. The number of piperidine rings is 1. The van der Waals surface area contributed by atoms with Gasteiger partial charge in [-0.25, -0.2) is 8.42 Å². The lowest BCUT2D eigenvalue weighted by Crippen LogP contribution is -2.36. The molecule has 156 valence electrons. The zero-order valence-corrected chi connectivity index (χ0v) is 16.4. The summed E-state index contributed by atoms with van der Waals surface area (Å²) >= 11 is 0. The molecule has 1 heterocycles. The molecule has 1 aliphatic rings. The van der Waals surface area contributed by atoms with Crippen molar-refractivity contribution in [3.8, 4) is 0 Å². The number of halogens is 3. The fourth-order valence-electron chi connectivity index (χ4n) is 3.23. The molecule has 29 heavy (non-hydrogen) atoms. The van der Waals surface area contributed by atoms with E-state index in [9.17, 15) is 26.4 Å². The molecule has 0 spiro atoms. The number of benzene rings is 2. The summed E-state index contributed by atoms with van der Waals surface area (Å²) in [4.78, 5) is 12.4. The van der Waals surface area contributed by atoms with Crippen LogP contribution in [0.2, 0.25) is 0 Å². The smallest absolute Gasteiger partial charge is 0.348 e. The van der Waals surface area contributed by atoms with Crippen LogP contribution in [0.1, 0.15) is 40.7 Å². The molecule has 0 saturated carbocycles. The van der Waals surface area contributed by atoms with Crippen molar-refractivity contribution in [1.82, 2.24) is 9.62 Å². The van der Waals surface area contributed by atoms with Crippen molar-refractivity contribution in [3.63, 3.8) is 0 Å². The van der Waals surface area contributed by atoms with Gasteiger partial charge in [-0.2, -0.15) is 17.5 Å². The second-order valence-corrected chi connectivity index (χ2v) is 8.74. The zero-order chi connectivity index (χ0) is 21.1. The van der Waals surface area contributed by atoms with Gasteiger partial charge in [-0.05, 0) is 48.7 Å². The molecule has 2 aromatic carbocycles. The summed E-state index contributed by atoms with van der Waals surface area (Å²) in [5, 5.41) is 2.59. The summed E-state index contributed by atoms with van der Waals surface area (Å²) in [6, 6.07) is 10.3. The maximum atomic E-state index is 13.0. The molecule has 1 aliphatic heterocycles. The van der Waals surface area contributed by atoms with Crippen molar-refractivity contribution in [3.05, 3.63) is 65.2 Å². The van der Waals surface area contributed by atoms with Crippen LogP contribution in [0.25, 0.3) is 0 Å². The standard InChI is InChI=1S/C20H21F3N2O3S/c21-20(22,23)17-10-8-15(9-11-17)19(26)24-14-16-6-2-3-7-18(16)29(27,28)25-12-4-1-5-13-25/h2-3,6-11H,1,4-5,12-14H2,(H,24,26). The Morgan fingerprint density at radius 3 is 2.21 bits per heavy atom. The maximum Gasteiger partial charge on any atom is 0.416 e. The molecule has 1 N–H and O–H groups in total. The molecular formula is C20H21F3N2O3S. The molecule has 5 nitrogen and oxygen atoms in total. The molecule has 9 heteroatoms. The molecule has 0 bridgehead atoms. The minimum Gasteiger partial charge on any atom is -0.348 e. The van der Waals surface area contributed by atoms with Gasteiger partial charge in [0.1, 0.15) is 0 Å². The van der Waals surface area contributed by atoms with E-state index in [1.54, 1.807) is 18.2 Å².